The zero-order chi connectivity index (χ0) is 12.2. The second kappa shape index (κ2) is 5.39. The van der Waals surface area contributed by atoms with Crippen LogP contribution in [0.4, 0.5) is 4.39 Å². The molecular weight excluding hydrogens is 207 g/mol. The van der Waals surface area contributed by atoms with E-state index in [1.165, 1.54) is 12.1 Å². The lowest BCUT2D eigenvalue weighted by Crippen LogP contribution is -2.35. The van der Waals surface area contributed by atoms with Crippen molar-refractivity contribution < 1.29 is 9.13 Å². The van der Waals surface area contributed by atoms with Gasteiger partial charge in [0, 0.05) is 13.2 Å². The first-order valence-corrected chi connectivity index (χ1v) is 5.25. The van der Waals surface area contributed by atoms with Gasteiger partial charge in [-0.1, -0.05) is 12.1 Å². The SMILES string of the molecule is COC(C)(C)CC(NN)c1cccc(F)c1. The first-order valence-electron chi connectivity index (χ1n) is 5.25. The maximum absolute atomic E-state index is 13.1. The second-order valence-electron chi connectivity index (χ2n) is 4.44. The Morgan fingerprint density at radius 1 is 1.50 bits per heavy atom. The normalized spacial score (nSPS) is 13.8. The molecule has 3 N–H and O–H groups in total. The molecule has 0 spiro atoms. The molecule has 0 aromatic heterocycles. The van der Waals surface area contributed by atoms with Gasteiger partial charge >= 0.3 is 0 Å². The average Bonchev–Trinajstić information content (AvgIpc) is 2.26. The third kappa shape index (κ3) is 3.56. The van der Waals surface area contributed by atoms with Crippen LogP contribution in [0.25, 0.3) is 0 Å². The van der Waals surface area contributed by atoms with Gasteiger partial charge in [0.1, 0.15) is 5.82 Å². The van der Waals surface area contributed by atoms with Gasteiger partial charge in [-0.3, -0.25) is 11.3 Å². The van der Waals surface area contributed by atoms with E-state index < -0.39 is 0 Å². The van der Waals surface area contributed by atoms with E-state index in [0.717, 1.165) is 5.56 Å². The van der Waals surface area contributed by atoms with Crippen LogP contribution in [0.15, 0.2) is 24.3 Å². The summed E-state index contributed by atoms with van der Waals surface area (Å²) in [6.45, 7) is 3.94. The van der Waals surface area contributed by atoms with Crippen LogP contribution in [-0.2, 0) is 4.74 Å². The predicted octanol–water partition coefficient (Wildman–Crippen LogP) is 2.15. The fourth-order valence-corrected chi connectivity index (χ4v) is 1.57. The molecule has 0 radical (unpaired) electrons. The van der Waals surface area contributed by atoms with E-state index in [4.69, 9.17) is 10.6 Å². The first kappa shape index (κ1) is 13.1. The maximum atomic E-state index is 13.1. The molecule has 1 rings (SSSR count). The van der Waals surface area contributed by atoms with E-state index in [2.05, 4.69) is 5.43 Å². The van der Waals surface area contributed by atoms with Crippen molar-refractivity contribution in [2.45, 2.75) is 31.9 Å². The Balaban J connectivity index is 2.82. The minimum Gasteiger partial charge on any atom is -0.379 e. The zero-order valence-corrected chi connectivity index (χ0v) is 9.96. The highest BCUT2D eigenvalue weighted by atomic mass is 19.1. The van der Waals surface area contributed by atoms with Gasteiger partial charge in [-0.05, 0) is 38.0 Å². The number of hydrogen-bond donors (Lipinski definition) is 2. The van der Waals surface area contributed by atoms with Crippen LogP contribution >= 0.6 is 0 Å². The summed E-state index contributed by atoms with van der Waals surface area (Å²) in [7, 11) is 1.65. The summed E-state index contributed by atoms with van der Waals surface area (Å²) in [6, 6.07) is 6.30. The summed E-state index contributed by atoms with van der Waals surface area (Å²) in [5, 5.41) is 0. The number of methoxy groups -OCH3 is 1. The van der Waals surface area contributed by atoms with Gasteiger partial charge in [0.05, 0.1) is 5.60 Å². The molecule has 0 bridgehead atoms. The molecule has 1 aromatic carbocycles. The average molecular weight is 226 g/mol. The monoisotopic (exact) mass is 226 g/mol. The van der Waals surface area contributed by atoms with Gasteiger partial charge in [0.25, 0.3) is 0 Å². The Hall–Kier alpha value is -0.970. The second-order valence-corrected chi connectivity index (χ2v) is 4.44. The standard InChI is InChI=1S/C12H19FN2O/c1-12(2,16-3)8-11(15-14)9-5-4-6-10(13)7-9/h4-7,11,15H,8,14H2,1-3H3. The summed E-state index contributed by atoms with van der Waals surface area (Å²) in [5.74, 6) is 5.23. The van der Waals surface area contributed by atoms with E-state index in [1.807, 2.05) is 19.9 Å². The fourth-order valence-electron chi connectivity index (χ4n) is 1.57. The van der Waals surface area contributed by atoms with Crippen LogP contribution in [0.3, 0.4) is 0 Å². The molecular formula is C12H19FN2O. The molecule has 1 atom stereocenters. The van der Waals surface area contributed by atoms with Gasteiger partial charge < -0.3 is 4.74 Å². The number of benzene rings is 1. The van der Waals surface area contributed by atoms with Gasteiger partial charge in [-0.25, -0.2) is 4.39 Å². The fraction of sp³-hybridized carbons (Fsp3) is 0.500. The summed E-state index contributed by atoms with van der Waals surface area (Å²) in [6.07, 6.45) is 0.670. The molecule has 0 saturated carbocycles. The molecule has 1 aromatic rings. The first-order chi connectivity index (χ1) is 7.48. The lowest BCUT2D eigenvalue weighted by molar-refractivity contribution is 0.00679. The molecule has 0 amide bonds. The smallest absolute Gasteiger partial charge is 0.123 e. The van der Waals surface area contributed by atoms with Crippen molar-refractivity contribution in [3.8, 4) is 0 Å². The number of nitrogens with one attached hydrogen (secondary N) is 1. The Labute approximate surface area is 95.8 Å². The third-order valence-corrected chi connectivity index (χ3v) is 2.70. The molecule has 1 unspecified atom stereocenters. The summed E-state index contributed by atoms with van der Waals surface area (Å²) in [4.78, 5) is 0. The maximum Gasteiger partial charge on any atom is 0.123 e. The molecule has 0 aliphatic carbocycles. The number of ether oxygens (including phenoxy) is 1. The minimum atomic E-state index is -0.302. The van der Waals surface area contributed by atoms with Gasteiger partial charge in [0.15, 0.2) is 0 Å². The van der Waals surface area contributed by atoms with Gasteiger partial charge in [0.2, 0.25) is 0 Å². The van der Waals surface area contributed by atoms with E-state index in [1.54, 1.807) is 13.2 Å². The largest absolute Gasteiger partial charge is 0.379 e. The van der Waals surface area contributed by atoms with Crippen molar-refractivity contribution in [3.63, 3.8) is 0 Å². The zero-order valence-electron chi connectivity index (χ0n) is 9.96. The van der Waals surface area contributed by atoms with E-state index in [9.17, 15) is 4.39 Å². The van der Waals surface area contributed by atoms with Crippen LogP contribution in [0.2, 0.25) is 0 Å². The van der Waals surface area contributed by atoms with Crippen LogP contribution < -0.4 is 11.3 Å². The molecule has 16 heavy (non-hydrogen) atoms. The molecule has 0 aliphatic rings. The molecule has 0 fully saturated rings. The summed E-state index contributed by atoms with van der Waals surface area (Å²) in [5.41, 5.74) is 3.21. The number of nitrogens with two attached hydrogens (primary N) is 1. The highest BCUT2D eigenvalue weighted by Crippen LogP contribution is 2.25. The number of hydrogen-bond acceptors (Lipinski definition) is 3. The Bertz CT molecular complexity index is 342. The van der Waals surface area contributed by atoms with Crippen molar-refractivity contribution in [3.05, 3.63) is 35.6 Å². The van der Waals surface area contributed by atoms with E-state index >= 15 is 0 Å². The predicted molar refractivity (Wildman–Crippen MR) is 62.2 cm³/mol. The number of halogens is 1. The Kier molecular flexibility index (Phi) is 4.41. The van der Waals surface area contributed by atoms with Crippen LogP contribution in [0.1, 0.15) is 31.9 Å². The molecule has 3 nitrogen and oxygen atoms in total. The minimum absolute atomic E-state index is 0.120. The van der Waals surface area contributed by atoms with Gasteiger partial charge in [-0.2, -0.15) is 0 Å². The highest BCUT2D eigenvalue weighted by molar-refractivity contribution is 5.20. The van der Waals surface area contributed by atoms with Crippen molar-refractivity contribution in [2.24, 2.45) is 5.84 Å². The lowest BCUT2D eigenvalue weighted by Gasteiger charge is -2.28. The van der Waals surface area contributed by atoms with Crippen molar-refractivity contribution in [1.29, 1.82) is 0 Å². The number of rotatable bonds is 5. The lowest BCUT2D eigenvalue weighted by atomic mass is 9.94. The third-order valence-electron chi connectivity index (χ3n) is 2.70. The van der Waals surface area contributed by atoms with Gasteiger partial charge in [-0.15, -0.1) is 0 Å². The molecule has 0 aliphatic heterocycles. The van der Waals surface area contributed by atoms with E-state index in [0.29, 0.717) is 6.42 Å². The summed E-state index contributed by atoms with van der Waals surface area (Å²) < 4.78 is 18.4. The topological polar surface area (TPSA) is 47.3 Å². The van der Waals surface area contributed by atoms with Crippen LogP contribution in [-0.4, -0.2) is 12.7 Å². The van der Waals surface area contributed by atoms with Crippen molar-refractivity contribution in [2.75, 3.05) is 7.11 Å². The van der Waals surface area contributed by atoms with Crippen LogP contribution in [0.5, 0.6) is 0 Å². The van der Waals surface area contributed by atoms with Crippen molar-refractivity contribution >= 4 is 0 Å². The highest BCUT2D eigenvalue weighted by Gasteiger charge is 2.23. The molecule has 4 heteroatoms. The van der Waals surface area contributed by atoms with Crippen molar-refractivity contribution in [1.82, 2.24) is 5.43 Å². The molecule has 0 saturated heterocycles. The van der Waals surface area contributed by atoms with E-state index in [-0.39, 0.29) is 17.5 Å². The molecule has 90 valence electrons. The van der Waals surface area contributed by atoms with Crippen LogP contribution in [0, 0.1) is 5.82 Å². The molecule has 0 heterocycles. The number of hydrazine groups is 1. The Morgan fingerprint density at radius 2 is 2.19 bits per heavy atom. The quantitative estimate of drug-likeness (QED) is 0.597. The summed E-state index contributed by atoms with van der Waals surface area (Å²) >= 11 is 0. The Morgan fingerprint density at radius 3 is 2.69 bits per heavy atom.